The summed E-state index contributed by atoms with van der Waals surface area (Å²) in [6.07, 6.45) is 1.41. The van der Waals surface area contributed by atoms with Gasteiger partial charge < -0.3 is 15.2 Å². The van der Waals surface area contributed by atoms with Gasteiger partial charge in [-0.05, 0) is 43.0 Å². The van der Waals surface area contributed by atoms with Crippen molar-refractivity contribution in [1.29, 1.82) is 0 Å². The fraction of sp³-hybridized carbons (Fsp3) is 0.571. The van der Waals surface area contributed by atoms with Crippen molar-refractivity contribution in [3.63, 3.8) is 0 Å². The molecule has 1 heterocycles. The Morgan fingerprint density at radius 2 is 2.00 bits per heavy atom. The fourth-order valence-corrected chi connectivity index (χ4v) is 2.47. The molecule has 1 saturated heterocycles. The molecule has 1 aromatic carbocycles. The fourth-order valence-electron chi connectivity index (χ4n) is 2.47. The van der Waals surface area contributed by atoms with E-state index in [2.05, 4.69) is 17.0 Å². The Labute approximate surface area is 111 Å². The van der Waals surface area contributed by atoms with E-state index in [1.165, 1.54) is 12.1 Å². The maximum Gasteiger partial charge on any atom is 0.387 e. The Morgan fingerprint density at radius 3 is 2.58 bits per heavy atom. The Kier molecular flexibility index (Phi) is 4.71. The summed E-state index contributed by atoms with van der Waals surface area (Å²) in [4.78, 5) is 0. The molecule has 106 valence electrons. The Balaban J connectivity index is 2.00. The van der Waals surface area contributed by atoms with Gasteiger partial charge in [-0.3, -0.25) is 0 Å². The smallest absolute Gasteiger partial charge is 0.387 e. The van der Waals surface area contributed by atoms with Crippen molar-refractivity contribution in [3.8, 4) is 5.75 Å². The van der Waals surface area contributed by atoms with Gasteiger partial charge in [-0.25, -0.2) is 0 Å². The molecule has 0 spiro atoms. The van der Waals surface area contributed by atoms with E-state index >= 15 is 0 Å². The summed E-state index contributed by atoms with van der Waals surface area (Å²) in [6.45, 7) is 0.243. The van der Waals surface area contributed by atoms with Crippen molar-refractivity contribution < 1.29 is 18.6 Å². The van der Waals surface area contributed by atoms with Gasteiger partial charge in [-0.15, -0.1) is 0 Å². The molecule has 1 aliphatic heterocycles. The number of piperidine rings is 1. The van der Waals surface area contributed by atoms with Gasteiger partial charge in [0, 0.05) is 6.04 Å². The minimum atomic E-state index is -2.82. The van der Waals surface area contributed by atoms with Gasteiger partial charge in [-0.1, -0.05) is 19.1 Å². The second-order valence-corrected chi connectivity index (χ2v) is 5.08. The molecule has 5 heteroatoms. The Bertz CT molecular complexity index is 397. The van der Waals surface area contributed by atoms with Crippen LogP contribution in [0.3, 0.4) is 0 Å². The molecule has 19 heavy (non-hydrogen) atoms. The number of aliphatic hydroxyl groups is 1. The summed E-state index contributed by atoms with van der Waals surface area (Å²) < 4.78 is 28.3. The number of hydrogen-bond acceptors (Lipinski definition) is 3. The highest BCUT2D eigenvalue weighted by Gasteiger charge is 2.25. The molecule has 3 unspecified atom stereocenters. The van der Waals surface area contributed by atoms with Gasteiger partial charge in [0.1, 0.15) is 5.75 Å². The van der Waals surface area contributed by atoms with E-state index in [1.807, 2.05) is 0 Å². The standard InChI is InChI=1S/C14H19F2NO2/c1-9-6-7-17-12(8-9)13(18)10-2-4-11(5-3-10)19-14(15)16/h2-5,9,12-14,17-18H,6-8H2,1H3. The summed E-state index contributed by atoms with van der Waals surface area (Å²) in [6, 6.07) is 6.19. The Morgan fingerprint density at radius 1 is 1.32 bits per heavy atom. The lowest BCUT2D eigenvalue weighted by atomic mass is 9.89. The molecule has 0 radical (unpaired) electrons. The van der Waals surface area contributed by atoms with E-state index in [9.17, 15) is 13.9 Å². The summed E-state index contributed by atoms with van der Waals surface area (Å²) >= 11 is 0. The molecule has 2 N–H and O–H groups in total. The highest BCUT2D eigenvalue weighted by Crippen LogP contribution is 2.27. The van der Waals surface area contributed by atoms with Gasteiger partial charge in [0.25, 0.3) is 0 Å². The van der Waals surface area contributed by atoms with Crippen molar-refractivity contribution in [2.45, 2.75) is 38.5 Å². The molecule has 0 aromatic heterocycles. The van der Waals surface area contributed by atoms with E-state index in [4.69, 9.17) is 0 Å². The van der Waals surface area contributed by atoms with Gasteiger partial charge in [0.05, 0.1) is 6.10 Å². The molecule has 1 aliphatic rings. The number of halogens is 2. The average Bonchev–Trinajstić information content (AvgIpc) is 2.38. The molecule has 1 fully saturated rings. The molecule has 0 aliphatic carbocycles. The quantitative estimate of drug-likeness (QED) is 0.884. The first kappa shape index (κ1) is 14.2. The predicted molar refractivity (Wildman–Crippen MR) is 68.2 cm³/mol. The molecule has 3 nitrogen and oxygen atoms in total. The van der Waals surface area contributed by atoms with Crippen LogP contribution in [0.25, 0.3) is 0 Å². The summed E-state index contributed by atoms with van der Waals surface area (Å²) in [5, 5.41) is 13.6. The molecule has 3 atom stereocenters. The van der Waals surface area contributed by atoms with Crippen LogP contribution in [-0.4, -0.2) is 24.3 Å². The molecule has 0 amide bonds. The highest BCUT2D eigenvalue weighted by atomic mass is 19.3. The largest absolute Gasteiger partial charge is 0.435 e. The number of aliphatic hydroxyl groups excluding tert-OH is 1. The van der Waals surface area contributed by atoms with Crippen LogP contribution < -0.4 is 10.1 Å². The van der Waals surface area contributed by atoms with Crippen LogP contribution in [0.5, 0.6) is 5.75 Å². The SMILES string of the molecule is CC1CCNC(C(O)c2ccc(OC(F)F)cc2)C1. The minimum Gasteiger partial charge on any atom is -0.435 e. The number of alkyl halides is 2. The lowest BCUT2D eigenvalue weighted by Gasteiger charge is -2.31. The third kappa shape index (κ3) is 3.88. The zero-order chi connectivity index (χ0) is 13.8. The molecule has 0 bridgehead atoms. The molecule has 2 rings (SSSR count). The van der Waals surface area contributed by atoms with Crippen molar-refractivity contribution in [3.05, 3.63) is 29.8 Å². The van der Waals surface area contributed by atoms with Gasteiger partial charge >= 0.3 is 6.61 Å². The molecule has 1 aromatic rings. The van der Waals surface area contributed by atoms with Crippen LogP contribution in [0, 0.1) is 5.92 Å². The van der Waals surface area contributed by atoms with Crippen LogP contribution in [0.2, 0.25) is 0 Å². The van der Waals surface area contributed by atoms with Crippen LogP contribution in [0.4, 0.5) is 8.78 Å². The molecule has 0 saturated carbocycles. The normalized spacial score (nSPS) is 25.3. The van der Waals surface area contributed by atoms with Crippen molar-refractivity contribution in [2.75, 3.05) is 6.54 Å². The third-order valence-corrected chi connectivity index (χ3v) is 3.53. The average molecular weight is 271 g/mol. The van der Waals surface area contributed by atoms with E-state index < -0.39 is 12.7 Å². The van der Waals surface area contributed by atoms with Crippen LogP contribution >= 0.6 is 0 Å². The highest BCUT2D eigenvalue weighted by molar-refractivity contribution is 5.29. The van der Waals surface area contributed by atoms with Gasteiger partial charge in [0.15, 0.2) is 0 Å². The first-order chi connectivity index (χ1) is 9.06. The second-order valence-electron chi connectivity index (χ2n) is 5.08. The van der Waals surface area contributed by atoms with Crippen LogP contribution in [0.15, 0.2) is 24.3 Å². The topological polar surface area (TPSA) is 41.5 Å². The van der Waals surface area contributed by atoms with Gasteiger partial charge in [-0.2, -0.15) is 8.78 Å². The third-order valence-electron chi connectivity index (χ3n) is 3.53. The first-order valence-electron chi connectivity index (χ1n) is 6.52. The van der Waals surface area contributed by atoms with Crippen LogP contribution in [0.1, 0.15) is 31.4 Å². The lowest BCUT2D eigenvalue weighted by Crippen LogP contribution is -2.41. The van der Waals surface area contributed by atoms with E-state index in [0.717, 1.165) is 19.4 Å². The van der Waals surface area contributed by atoms with Crippen molar-refractivity contribution >= 4 is 0 Å². The van der Waals surface area contributed by atoms with E-state index in [-0.39, 0.29) is 11.8 Å². The number of ether oxygens (including phenoxy) is 1. The van der Waals surface area contributed by atoms with Crippen LogP contribution in [-0.2, 0) is 0 Å². The first-order valence-corrected chi connectivity index (χ1v) is 6.52. The monoisotopic (exact) mass is 271 g/mol. The summed E-state index contributed by atoms with van der Waals surface area (Å²) in [5.41, 5.74) is 0.716. The predicted octanol–water partition coefficient (Wildman–Crippen LogP) is 2.71. The zero-order valence-electron chi connectivity index (χ0n) is 10.9. The van der Waals surface area contributed by atoms with Crippen molar-refractivity contribution in [1.82, 2.24) is 5.32 Å². The molecular weight excluding hydrogens is 252 g/mol. The maximum absolute atomic E-state index is 12.0. The molecular formula is C14H19F2NO2. The van der Waals surface area contributed by atoms with E-state index in [0.29, 0.717) is 11.5 Å². The van der Waals surface area contributed by atoms with Gasteiger partial charge in [0.2, 0.25) is 0 Å². The summed E-state index contributed by atoms with van der Waals surface area (Å²) in [5.74, 6) is 0.693. The maximum atomic E-state index is 12.0. The summed E-state index contributed by atoms with van der Waals surface area (Å²) in [7, 11) is 0. The number of hydrogen-bond donors (Lipinski definition) is 2. The lowest BCUT2D eigenvalue weighted by molar-refractivity contribution is -0.0498. The number of nitrogens with one attached hydrogen (secondary N) is 1. The number of benzene rings is 1. The zero-order valence-corrected chi connectivity index (χ0v) is 10.9. The van der Waals surface area contributed by atoms with Crippen molar-refractivity contribution in [2.24, 2.45) is 5.92 Å². The minimum absolute atomic E-state index is 0.0191. The van der Waals surface area contributed by atoms with E-state index in [1.54, 1.807) is 12.1 Å². The second kappa shape index (κ2) is 6.30. The Hall–Kier alpha value is -1.20. The number of rotatable bonds is 4.